The number of hydrogen-bond acceptors (Lipinski definition) is 3. The summed E-state index contributed by atoms with van der Waals surface area (Å²) >= 11 is 12.0. The first-order valence-electron chi connectivity index (χ1n) is 5.95. The molecule has 6 heteroatoms. The SMILES string of the molecule is O=[N+]([O-])c1cc(Cl)c(NCCC2CCC2)c(Cl)c1. The first-order chi connectivity index (χ1) is 8.58. The minimum absolute atomic E-state index is 0.0884. The lowest BCUT2D eigenvalue weighted by molar-refractivity contribution is -0.384. The first kappa shape index (κ1) is 13.4. The van der Waals surface area contributed by atoms with Crippen LogP contribution >= 0.6 is 23.2 Å². The van der Waals surface area contributed by atoms with E-state index in [1.165, 1.54) is 31.4 Å². The molecule has 1 aromatic carbocycles. The van der Waals surface area contributed by atoms with Crippen molar-refractivity contribution < 1.29 is 4.92 Å². The molecule has 0 radical (unpaired) electrons. The summed E-state index contributed by atoms with van der Waals surface area (Å²) in [6.45, 7) is 0.794. The fourth-order valence-electron chi connectivity index (χ4n) is 2.02. The molecule has 1 N–H and O–H groups in total. The number of hydrogen-bond donors (Lipinski definition) is 1. The van der Waals surface area contributed by atoms with Gasteiger partial charge in [-0.15, -0.1) is 0 Å². The summed E-state index contributed by atoms with van der Waals surface area (Å²) in [6, 6.07) is 2.64. The van der Waals surface area contributed by atoms with Crippen LogP contribution in [0.1, 0.15) is 25.7 Å². The highest BCUT2D eigenvalue weighted by atomic mass is 35.5. The number of halogens is 2. The van der Waals surface area contributed by atoms with Gasteiger partial charge in [0.1, 0.15) is 0 Å². The van der Waals surface area contributed by atoms with Crippen molar-refractivity contribution in [2.45, 2.75) is 25.7 Å². The molecule has 1 aromatic rings. The van der Waals surface area contributed by atoms with E-state index in [0.717, 1.165) is 18.9 Å². The van der Waals surface area contributed by atoms with Crippen LogP contribution in [0.15, 0.2) is 12.1 Å². The average molecular weight is 289 g/mol. The van der Waals surface area contributed by atoms with Crippen molar-refractivity contribution in [3.8, 4) is 0 Å². The number of non-ortho nitro benzene ring substituents is 1. The van der Waals surface area contributed by atoms with Crippen molar-refractivity contribution in [2.75, 3.05) is 11.9 Å². The number of nitro groups is 1. The van der Waals surface area contributed by atoms with Gasteiger partial charge in [0.15, 0.2) is 0 Å². The summed E-state index contributed by atoms with van der Waals surface area (Å²) in [7, 11) is 0. The third-order valence-corrected chi connectivity index (χ3v) is 3.91. The molecule has 0 heterocycles. The smallest absolute Gasteiger partial charge is 0.272 e. The number of nitro benzene ring substituents is 1. The number of nitrogens with one attached hydrogen (secondary N) is 1. The van der Waals surface area contributed by atoms with Gasteiger partial charge in [0.05, 0.1) is 20.7 Å². The molecule has 0 amide bonds. The summed E-state index contributed by atoms with van der Waals surface area (Å²) in [5.74, 6) is 0.799. The molecule has 0 atom stereocenters. The van der Waals surface area contributed by atoms with E-state index >= 15 is 0 Å². The van der Waals surface area contributed by atoms with Gasteiger partial charge >= 0.3 is 0 Å². The average Bonchev–Trinajstić information content (AvgIpc) is 2.24. The molecular formula is C12H14Cl2N2O2. The predicted octanol–water partition coefficient (Wildman–Crippen LogP) is 4.50. The van der Waals surface area contributed by atoms with Crippen molar-refractivity contribution in [3.05, 3.63) is 32.3 Å². The van der Waals surface area contributed by atoms with Crippen molar-refractivity contribution in [3.63, 3.8) is 0 Å². The second-order valence-electron chi connectivity index (χ2n) is 4.55. The zero-order chi connectivity index (χ0) is 13.1. The van der Waals surface area contributed by atoms with Crippen LogP contribution in [0.4, 0.5) is 11.4 Å². The molecule has 0 aromatic heterocycles. The Morgan fingerprint density at radius 3 is 2.39 bits per heavy atom. The van der Waals surface area contributed by atoms with Gasteiger partial charge < -0.3 is 5.32 Å². The van der Waals surface area contributed by atoms with E-state index in [-0.39, 0.29) is 5.69 Å². The quantitative estimate of drug-likeness (QED) is 0.641. The standard InChI is InChI=1S/C12H14Cl2N2O2/c13-10-6-9(16(17)18)7-11(14)12(10)15-5-4-8-2-1-3-8/h6-8,15H,1-5H2. The molecule has 1 aliphatic rings. The normalized spacial score (nSPS) is 15.2. The van der Waals surface area contributed by atoms with Gasteiger partial charge in [0.2, 0.25) is 0 Å². The highest BCUT2D eigenvalue weighted by Crippen LogP contribution is 2.35. The lowest BCUT2D eigenvalue weighted by Crippen LogP contribution is -2.15. The molecule has 2 rings (SSSR count). The lowest BCUT2D eigenvalue weighted by Gasteiger charge is -2.25. The summed E-state index contributed by atoms with van der Waals surface area (Å²) in [5, 5.41) is 14.4. The van der Waals surface area contributed by atoms with E-state index in [9.17, 15) is 10.1 Å². The Hall–Kier alpha value is -1.00. The maximum atomic E-state index is 10.6. The van der Waals surface area contributed by atoms with Gasteiger partial charge in [-0.1, -0.05) is 42.5 Å². The van der Waals surface area contributed by atoms with Crippen LogP contribution in [0.3, 0.4) is 0 Å². The fraction of sp³-hybridized carbons (Fsp3) is 0.500. The van der Waals surface area contributed by atoms with E-state index in [1.54, 1.807) is 0 Å². The van der Waals surface area contributed by atoms with Crippen molar-refractivity contribution in [1.82, 2.24) is 0 Å². The van der Waals surface area contributed by atoms with Gasteiger partial charge in [0, 0.05) is 18.7 Å². The predicted molar refractivity (Wildman–Crippen MR) is 73.6 cm³/mol. The van der Waals surface area contributed by atoms with Crippen LogP contribution in [-0.4, -0.2) is 11.5 Å². The number of nitrogens with zero attached hydrogens (tertiary/aromatic N) is 1. The van der Waals surface area contributed by atoms with Gasteiger partial charge in [-0.2, -0.15) is 0 Å². The van der Waals surface area contributed by atoms with Gasteiger partial charge in [-0.25, -0.2) is 0 Å². The maximum Gasteiger partial charge on any atom is 0.272 e. The Balaban J connectivity index is 2.00. The number of benzene rings is 1. The van der Waals surface area contributed by atoms with E-state index in [4.69, 9.17) is 23.2 Å². The minimum Gasteiger partial charge on any atom is -0.383 e. The summed E-state index contributed by atoms with van der Waals surface area (Å²) in [5.41, 5.74) is 0.498. The number of anilines is 1. The first-order valence-corrected chi connectivity index (χ1v) is 6.71. The topological polar surface area (TPSA) is 55.2 Å². The molecule has 0 bridgehead atoms. The van der Waals surface area contributed by atoms with Crippen LogP contribution < -0.4 is 5.32 Å². The van der Waals surface area contributed by atoms with Crippen molar-refractivity contribution in [2.24, 2.45) is 5.92 Å². The molecule has 0 saturated heterocycles. The van der Waals surface area contributed by atoms with Crippen LogP contribution in [0.25, 0.3) is 0 Å². The molecule has 1 saturated carbocycles. The third-order valence-electron chi connectivity index (χ3n) is 3.32. The Bertz CT molecular complexity index is 438. The molecule has 0 spiro atoms. The maximum absolute atomic E-state index is 10.6. The molecule has 18 heavy (non-hydrogen) atoms. The summed E-state index contributed by atoms with van der Waals surface area (Å²) in [4.78, 5) is 10.1. The molecule has 98 valence electrons. The Morgan fingerprint density at radius 1 is 1.33 bits per heavy atom. The van der Waals surface area contributed by atoms with E-state index in [1.807, 2.05) is 0 Å². The number of rotatable bonds is 5. The van der Waals surface area contributed by atoms with Crippen molar-refractivity contribution in [1.29, 1.82) is 0 Å². The van der Waals surface area contributed by atoms with Gasteiger partial charge in [-0.3, -0.25) is 10.1 Å². The van der Waals surface area contributed by atoms with Gasteiger partial charge in [-0.05, 0) is 12.3 Å². The van der Waals surface area contributed by atoms with Crippen LogP contribution in [0.2, 0.25) is 10.0 Å². The van der Waals surface area contributed by atoms with Crippen LogP contribution in [0, 0.1) is 16.0 Å². The lowest BCUT2D eigenvalue weighted by atomic mass is 9.83. The zero-order valence-electron chi connectivity index (χ0n) is 9.79. The molecular weight excluding hydrogens is 275 g/mol. The summed E-state index contributed by atoms with van der Waals surface area (Å²) in [6.07, 6.45) is 5.00. The third kappa shape index (κ3) is 3.06. The monoisotopic (exact) mass is 288 g/mol. The van der Waals surface area contributed by atoms with Crippen LogP contribution in [0.5, 0.6) is 0 Å². The van der Waals surface area contributed by atoms with Gasteiger partial charge in [0.25, 0.3) is 5.69 Å². The highest BCUT2D eigenvalue weighted by molar-refractivity contribution is 6.39. The molecule has 1 fully saturated rings. The fourth-order valence-corrected chi connectivity index (χ4v) is 2.63. The molecule has 0 aliphatic heterocycles. The van der Waals surface area contributed by atoms with Crippen molar-refractivity contribution >= 4 is 34.6 Å². The van der Waals surface area contributed by atoms with E-state index < -0.39 is 4.92 Å². The Kier molecular flexibility index (Phi) is 4.30. The zero-order valence-corrected chi connectivity index (χ0v) is 11.3. The second-order valence-corrected chi connectivity index (χ2v) is 5.37. The molecule has 1 aliphatic carbocycles. The minimum atomic E-state index is -0.504. The molecule has 0 unspecified atom stereocenters. The Morgan fingerprint density at radius 2 is 1.94 bits per heavy atom. The highest BCUT2D eigenvalue weighted by Gasteiger charge is 2.18. The largest absolute Gasteiger partial charge is 0.383 e. The van der Waals surface area contributed by atoms with E-state index in [0.29, 0.717) is 15.7 Å². The Labute approximate surface area is 115 Å². The molecule has 4 nitrogen and oxygen atoms in total. The van der Waals surface area contributed by atoms with E-state index in [2.05, 4.69) is 5.32 Å². The van der Waals surface area contributed by atoms with Crippen LogP contribution in [-0.2, 0) is 0 Å². The second kappa shape index (κ2) is 5.76. The summed E-state index contributed by atoms with van der Waals surface area (Å²) < 4.78 is 0.